The number of aryl methyl sites for hydroxylation is 1. The van der Waals surface area contributed by atoms with Crippen molar-refractivity contribution < 1.29 is 4.79 Å². The summed E-state index contributed by atoms with van der Waals surface area (Å²) in [5, 5.41) is 2.91. The Morgan fingerprint density at radius 2 is 1.89 bits per heavy atom. The van der Waals surface area contributed by atoms with Crippen LogP contribution in [0.3, 0.4) is 0 Å². The van der Waals surface area contributed by atoms with E-state index in [1.807, 2.05) is 43.3 Å². The zero-order valence-corrected chi connectivity index (χ0v) is 10.4. The lowest BCUT2D eigenvalue weighted by molar-refractivity contribution is -0.120. The van der Waals surface area contributed by atoms with Gasteiger partial charge in [-0.05, 0) is 35.7 Å². The minimum Gasteiger partial charge on any atom is -0.352 e. The Kier molecular flexibility index (Phi) is 4.07. The van der Waals surface area contributed by atoms with E-state index in [0.29, 0.717) is 13.0 Å². The average molecular weight is 240 g/mol. The number of carbonyl (C=O) groups is 1. The van der Waals surface area contributed by atoms with Gasteiger partial charge in [-0.25, -0.2) is 0 Å². The largest absolute Gasteiger partial charge is 0.352 e. The van der Waals surface area contributed by atoms with Crippen molar-refractivity contribution in [3.8, 4) is 0 Å². The first-order chi connectivity index (χ1) is 8.75. The molecule has 2 rings (SSSR count). The maximum atomic E-state index is 11.8. The third-order valence-electron chi connectivity index (χ3n) is 2.85. The summed E-state index contributed by atoms with van der Waals surface area (Å²) in [6, 6.07) is 11.7. The van der Waals surface area contributed by atoms with Gasteiger partial charge < -0.3 is 5.32 Å². The van der Waals surface area contributed by atoms with Gasteiger partial charge in [0.25, 0.3) is 0 Å². The number of carbonyl (C=O) groups excluding carboxylic acids is 1. The molecular formula is C15H16N2O. The van der Waals surface area contributed by atoms with E-state index in [2.05, 4.69) is 10.3 Å². The Hall–Kier alpha value is -2.16. The second-order valence-corrected chi connectivity index (χ2v) is 4.24. The van der Waals surface area contributed by atoms with Crippen molar-refractivity contribution in [2.45, 2.75) is 19.9 Å². The number of nitrogens with one attached hydrogen (secondary N) is 1. The van der Waals surface area contributed by atoms with E-state index in [9.17, 15) is 4.79 Å². The number of amides is 1. The number of hydrogen-bond donors (Lipinski definition) is 1. The smallest absolute Gasteiger partial charge is 0.224 e. The minimum absolute atomic E-state index is 0.0427. The lowest BCUT2D eigenvalue weighted by atomic mass is 10.1. The zero-order chi connectivity index (χ0) is 12.8. The van der Waals surface area contributed by atoms with Crippen LogP contribution in [-0.2, 0) is 17.8 Å². The van der Waals surface area contributed by atoms with E-state index >= 15 is 0 Å². The highest BCUT2D eigenvalue weighted by molar-refractivity contribution is 5.78. The minimum atomic E-state index is 0.0427. The van der Waals surface area contributed by atoms with Crippen LogP contribution in [0.25, 0.3) is 0 Å². The highest BCUT2D eigenvalue weighted by atomic mass is 16.1. The van der Waals surface area contributed by atoms with Gasteiger partial charge in [-0.3, -0.25) is 9.78 Å². The molecule has 2 aromatic rings. The lowest BCUT2D eigenvalue weighted by Gasteiger charge is -2.07. The van der Waals surface area contributed by atoms with E-state index in [0.717, 1.165) is 16.7 Å². The topological polar surface area (TPSA) is 42.0 Å². The fourth-order valence-corrected chi connectivity index (χ4v) is 1.75. The maximum Gasteiger partial charge on any atom is 0.224 e. The Balaban J connectivity index is 1.88. The van der Waals surface area contributed by atoms with Gasteiger partial charge in [0.15, 0.2) is 0 Å². The molecule has 1 aromatic heterocycles. The molecule has 0 spiro atoms. The molecule has 0 aliphatic heterocycles. The predicted molar refractivity (Wildman–Crippen MR) is 71.0 cm³/mol. The number of rotatable bonds is 4. The SMILES string of the molecule is Cc1ccccc1CC(=O)NCc1ccncc1. The molecule has 0 unspecified atom stereocenters. The highest BCUT2D eigenvalue weighted by Crippen LogP contribution is 2.07. The van der Waals surface area contributed by atoms with Gasteiger partial charge in [-0.15, -0.1) is 0 Å². The molecule has 0 saturated carbocycles. The predicted octanol–water partition coefficient (Wildman–Crippen LogP) is 2.25. The lowest BCUT2D eigenvalue weighted by Crippen LogP contribution is -2.24. The van der Waals surface area contributed by atoms with Crippen molar-refractivity contribution in [2.24, 2.45) is 0 Å². The molecule has 3 heteroatoms. The van der Waals surface area contributed by atoms with Crippen molar-refractivity contribution in [2.75, 3.05) is 0 Å². The summed E-state index contributed by atoms with van der Waals surface area (Å²) < 4.78 is 0. The van der Waals surface area contributed by atoms with E-state index in [-0.39, 0.29) is 5.91 Å². The van der Waals surface area contributed by atoms with E-state index in [4.69, 9.17) is 0 Å². The molecule has 0 aliphatic carbocycles. The van der Waals surface area contributed by atoms with Gasteiger partial charge in [0.1, 0.15) is 0 Å². The molecule has 3 nitrogen and oxygen atoms in total. The van der Waals surface area contributed by atoms with Crippen LogP contribution in [0.15, 0.2) is 48.8 Å². The van der Waals surface area contributed by atoms with Crippen LogP contribution in [0.5, 0.6) is 0 Å². The van der Waals surface area contributed by atoms with E-state index in [1.165, 1.54) is 0 Å². The van der Waals surface area contributed by atoms with Gasteiger partial charge in [0, 0.05) is 18.9 Å². The van der Waals surface area contributed by atoms with Crippen LogP contribution in [-0.4, -0.2) is 10.9 Å². The molecule has 1 aromatic carbocycles. The molecule has 92 valence electrons. The second-order valence-electron chi connectivity index (χ2n) is 4.24. The van der Waals surface area contributed by atoms with Gasteiger partial charge >= 0.3 is 0 Å². The summed E-state index contributed by atoms with van der Waals surface area (Å²) in [7, 11) is 0. The summed E-state index contributed by atoms with van der Waals surface area (Å²) in [6.45, 7) is 2.57. The number of aromatic nitrogens is 1. The van der Waals surface area contributed by atoms with Crippen LogP contribution in [0, 0.1) is 6.92 Å². The fourth-order valence-electron chi connectivity index (χ4n) is 1.75. The van der Waals surface area contributed by atoms with Crippen LogP contribution in [0.4, 0.5) is 0 Å². The summed E-state index contributed by atoms with van der Waals surface area (Å²) in [6.07, 6.45) is 3.88. The van der Waals surface area contributed by atoms with Gasteiger partial charge in [-0.1, -0.05) is 24.3 Å². The van der Waals surface area contributed by atoms with E-state index in [1.54, 1.807) is 12.4 Å². The van der Waals surface area contributed by atoms with Crippen LogP contribution < -0.4 is 5.32 Å². The summed E-state index contributed by atoms with van der Waals surface area (Å²) in [5.74, 6) is 0.0427. The normalized spacial score (nSPS) is 10.1. The molecule has 0 radical (unpaired) electrons. The maximum absolute atomic E-state index is 11.8. The average Bonchev–Trinajstić information content (AvgIpc) is 2.40. The van der Waals surface area contributed by atoms with Crippen molar-refractivity contribution in [3.63, 3.8) is 0 Å². The quantitative estimate of drug-likeness (QED) is 0.890. The van der Waals surface area contributed by atoms with Gasteiger partial charge in [0.05, 0.1) is 6.42 Å². The molecule has 0 bridgehead atoms. The van der Waals surface area contributed by atoms with Crippen molar-refractivity contribution in [1.29, 1.82) is 0 Å². The first-order valence-corrected chi connectivity index (χ1v) is 5.96. The van der Waals surface area contributed by atoms with Crippen molar-refractivity contribution in [3.05, 3.63) is 65.5 Å². The van der Waals surface area contributed by atoms with Crippen LogP contribution in [0.2, 0.25) is 0 Å². The molecule has 0 aliphatic rings. The van der Waals surface area contributed by atoms with Crippen molar-refractivity contribution in [1.82, 2.24) is 10.3 Å². The molecule has 1 N–H and O–H groups in total. The van der Waals surface area contributed by atoms with Gasteiger partial charge in [-0.2, -0.15) is 0 Å². The Morgan fingerprint density at radius 1 is 1.17 bits per heavy atom. The first-order valence-electron chi connectivity index (χ1n) is 5.96. The summed E-state index contributed by atoms with van der Waals surface area (Å²) >= 11 is 0. The molecule has 0 atom stereocenters. The Labute approximate surface area is 107 Å². The number of pyridine rings is 1. The number of hydrogen-bond acceptors (Lipinski definition) is 2. The molecule has 1 heterocycles. The fraction of sp³-hybridized carbons (Fsp3) is 0.200. The second kappa shape index (κ2) is 5.96. The summed E-state index contributed by atoms with van der Waals surface area (Å²) in [4.78, 5) is 15.8. The zero-order valence-electron chi connectivity index (χ0n) is 10.4. The molecule has 1 amide bonds. The summed E-state index contributed by atoms with van der Waals surface area (Å²) in [5.41, 5.74) is 3.28. The Morgan fingerprint density at radius 3 is 2.61 bits per heavy atom. The third-order valence-corrected chi connectivity index (χ3v) is 2.85. The van der Waals surface area contributed by atoms with Crippen LogP contribution in [0.1, 0.15) is 16.7 Å². The molecular weight excluding hydrogens is 224 g/mol. The first kappa shape index (κ1) is 12.3. The monoisotopic (exact) mass is 240 g/mol. The molecule has 18 heavy (non-hydrogen) atoms. The number of benzene rings is 1. The third kappa shape index (κ3) is 3.42. The molecule has 0 saturated heterocycles. The highest BCUT2D eigenvalue weighted by Gasteiger charge is 2.04. The van der Waals surface area contributed by atoms with Crippen LogP contribution >= 0.6 is 0 Å². The van der Waals surface area contributed by atoms with Crippen molar-refractivity contribution >= 4 is 5.91 Å². The van der Waals surface area contributed by atoms with Gasteiger partial charge in [0.2, 0.25) is 5.91 Å². The Bertz CT molecular complexity index is 523. The standard InChI is InChI=1S/C15H16N2O/c1-12-4-2-3-5-14(12)10-15(18)17-11-13-6-8-16-9-7-13/h2-9H,10-11H2,1H3,(H,17,18). The number of nitrogens with zero attached hydrogens (tertiary/aromatic N) is 1. The molecule has 0 fully saturated rings. The van der Waals surface area contributed by atoms with E-state index < -0.39 is 0 Å².